The topological polar surface area (TPSA) is 34.0 Å². The summed E-state index contributed by atoms with van der Waals surface area (Å²) in [4.78, 5) is 2.23. The van der Waals surface area contributed by atoms with Crippen LogP contribution in [0.3, 0.4) is 0 Å². The van der Waals surface area contributed by atoms with Crippen molar-refractivity contribution in [2.24, 2.45) is 0 Å². The zero-order chi connectivity index (χ0) is 22.6. The van der Waals surface area contributed by atoms with Gasteiger partial charge in [-0.05, 0) is 63.1 Å². The van der Waals surface area contributed by atoms with E-state index in [9.17, 15) is 0 Å². The molecule has 5 rings (SSSR count). The number of benzene rings is 2. The molecule has 2 aliphatic carbocycles. The first-order valence-corrected chi connectivity index (χ1v) is 14.3. The smallest absolute Gasteiger partial charge is 0.114 e. The second kappa shape index (κ2) is 10.4. The molecule has 1 heterocycles. The molecule has 1 aromatic heterocycles. The highest BCUT2D eigenvalue weighted by Gasteiger charge is 2.37. The van der Waals surface area contributed by atoms with Gasteiger partial charge in [0.1, 0.15) is 11.1 Å². The summed E-state index contributed by atoms with van der Waals surface area (Å²) in [5.74, 6) is 0. The maximum absolute atomic E-state index is 5.04. The van der Waals surface area contributed by atoms with E-state index < -0.39 is 0 Å². The van der Waals surface area contributed by atoms with Crippen molar-refractivity contribution in [3.63, 3.8) is 0 Å². The van der Waals surface area contributed by atoms with Crippen molar-refractivity contribution in [2.75, 3.05) is 19.0 Å². The highest BCUT2D eigenvalue weighted by molar-refractivity contribution is 7.67. The van der Waals surface area contributed by atoms with Gasteiger partial charge >= 0.3 is 0 Å². The molecule has 2 saturated carbocycles. The van der Waals surface area contributed by atoms with Crippen molar-refractivity contribution in [2.45, 2.75) is 75.5 Å². The minimum absolute atomic E-state index is 0.351. The number of aromatic nitrogens is 3. The van der Waals surface area contributed by atoms with Gasteiger partial charge in [0.2, 0.25) is 0 Å². The van der Waals surface area contributed by atoms with Crippen LogP contribution in [0.15, 0.2) is 54.6 Å². The second-order valence-electron chi connectivity index (χ2n) is 9.91. The quantitative estimate of drug-likeness (QED) is 0.381. The summed E-state index contributed by atoms with van der Waals surface area (Å²) in [7, 11) is 3.93. The molecule has 174 valence electrons. The number of hydrogen-bond acceptors (Lipinski definition) is 3. The molecule has 0 aliphatic heterocycles. The van der Waals surface area contributed by atoms with Gasteiger partial charge in [0.25, 0.3) is 0 Å². The van der Waals surface area contributed by atoms with Crippen LogP contribution in [-0.4, -0.2) is 40.4 Å². The molecule has 0 unspecified atom stereocenters. The standard InChI is InChI=1S/C28H37N4P/c1-31(2)26-21-13-12-20-25(26)27-28(29-30-32(27)22-14-6-3-7-15-22)33(23-16-8-4-9-17-23)24-18-10-5-11-19-24/h3,6-7,12-15,20-21,23-24H,4-5,8-11,16-19H2,1-2H3. The average molecular weight is 461 g/mol. The molecule has 5 heteroatoms. The van der Waals surface area contributed by atoms with Gasteiger partial charge in [-0.1, -0.05) is 80.1 Å². The van der Waals surface area contributed by atoms with Crippen LogP contribution in [0.5, 0.6) is 0 Å². The van der Waals surface area contributed by atoms with Crippen LogP contribution in [0.2, 0.25) is 0 Å². The van der Waals surface area contributed by atoms with E-state index in [4.69, 9.17) is 10.3 Å². The monoisotopic (exact) mass is 460 g/mol. The molecular formula is C28H37N4P. The summed E-state index contributed by atoms with van der Waals surface area (Å²) in [5, 5.41) is 9.88. The van der Waals surface area contributed by atoms with E-state index in [2.05, 4.69) is 78.3 Å². The predicted octanol–water partition coefficient (Wildman–Crippen LogP) is 6.77. The average Bonchev–Trinajstić information content (AvgIpc) is 3.30. The molecule has 0 N–H and O–H groups in total. The van der Waals surface area contributed by atoms with Crippen molar-refractivity contribution in [1.29, 1.82) is 0 Å². The lowest BCUT2D eigenvalue weighted by Crippen LogP contribution is -2.28. The molecule has 0 spiro atoms. The fourth-order valence-electron chi connectivity index (χ4n) is 5.86. The Labute approximate surface area is 200 Å². The number of nitrogens with zero attached hydrogens (tertiary/aromatic N) is 4. The van der Waals surface area contributed by atoms with Crippen molar-refractivity contribution in [1.82, 2.24) is 15.0 Å². The molecule has 3 aromatic rings. The van der Waals surface area contributed by atoms with E-state index in [1.54, 1.807) is 0 Å². The Balaban J connectivity index is 1.70. The Kier molecular flexibility index (Phi) is 7.11. The molecule has 0 bridgehead atoms. The van der Waals surface area contributed by atoms with E-state index in [0.29, 0.717) is 0 Å². The van der Waals surface area contributed by atoms with Crippen LogP contribution in [0, 0.1) is 0 Å². The van der Waals surface area contributed by atoms with Crippen LogP contribution in [-0.2, 0) is 0 Å². The highest BCUT2D eigenvalue weighted by Crippen LogP contribution is 2.56. The van der Waals surface area contributed by atoms with Crippen molar-refractivity contribution in [3.8, 4) is 16.9 Å². The van der Waals surface area contributed by atoms with Gasteiger partial charge in [-0.15, -0.1) is 5.10 Å². The zero-order valence-electron chi connectivity index (χ0n) is 20.2. The fraction of sp³-hybridized carbons (Fsp3) is 0.500. The first-order chi connectivity index (χ1) is 16.2. The van der Waals surface area contributed by atoms with Gasteiger partial charge in [0, 0.05) is 25.3 Å². The lowest BCUT2D eigenvalue weighted by Gasteiger charge is -2.37. The summed E-state index contributed by atoms with van der Waals surface area (Å²) in [6, 6.07) is 19.4. The van der Waals surface area contributed by atoms with E-state index >= 15 is 0 Å². The summed E-state index contributed by atoms with van der Waals surface area (Å²) < 4.78 is 2.12. The number of hydrogen-bond donors (Lipinski definition) is 0. The molecule has 2 aromatic carbocycles. The number of rotatable bonds is 6. The van der Waals surface area contributed by atoms with E-state index in [1.807, 2.05) is 0 Å². The van der Waals surface area contributed by atoms with Gasteiger partial charge in [0.15, 0.2) is 0 Å². The van der Waals surface area contributed by atoms with Gasteiger partial charge in [-0.25, -0.2) is 4.68 Å². The molecule has 33 heavy (non-hydrogen) atoms. The van der Waals surface area contributed by atoms with Crippen LogP contribution in [0.4, 0.5) is 5.69 Å². The lowest BCUT2D eigenvalue weighted by atomic mass is 9.99. The SMILES string of the molecule is CN(C)c1ccccc1-c1c(P(C2CCCCC2)C2CCCCC2)nnn1-c1ccccc1. The summed E-state index contributed by atoms with van der Waals surface area (Å²) >= 11 is 0. The first-order valence-electron chi connectivity index (χ1n) is 12.8. The maximum Gasteiger partial charge on any atom is 0.114 e. The van der Waals surface area contributed by atoms with E-state index in [0.717, 1.165) is 17.0 Å². The molecule has 0 atom stereocenters. The Hall–Kier alpha value is -2.19. The summed E-state index contributed by atoms with van der Waals surface area (Å²) in [5.41, 5.74) is 7.72. The normalized spacial score (nSPS) is 18.0. The van der Waals surface area contributed by atoms with Crippen LogP contribution in [0.25, 0.3) is 16.9 Å². The third-order valence-electron chi connectivity index (χ3n) is 7.47. The van der Waals surface area contributed by atoms with Crippen molar-refractivity contribution < 1.29 is 0 Å². The largest absolute Gasteiger partial charge is 0.377 e. The summed E-state index contributed by atoms with van der Waals surface area (Å²) in [6.45, 7) is 0. The fourth-order valence-corrected chi connectivity index (χ4v) is 9.59. The highest BCUT2D eigenvalue weighted by atomic mass is 31.1. The molecule has 2 aliphatic rings. The molecule has 2 fully saturated rings. The second-order valence-corrected chi connectivity index (χ2v) is 12.6. The molecule has 4 nitrogen and oxygen atoms in total. The van der Waals surface area contributed by atoms with Gasteiger partial charge in [-0.3, -0.25) is 0 Å². The van der Waals surface area contributed by atoms with E-state index in [1.165, 1.54) is 86.6 Å². The van der Waals surface area contributed by atoms with Crippen LogP contribution in [0.1, 0.15) is 64.2 Å². The summed E-state index contributed by atoms with van der Waals surface area (Å²) in [6.07, 6.45) is 13.8. The zero-order valence-corrected chi connectivity index (χ0v) is 21.1. The van der Waals surface area contributed by atoms with Gasteiger partial charge in [-0.2, -0.15) is 0 Å². The third-order valence-corrected chi connectivity index (χ3v) is 10.9. The minimum atomic E-state index is -0.351. The molecule has 0 amide bonds. The predicted molar refractivity (Wildman–Crippen MR) is 141 cm³/mol. The van der Waals surface area contributed by atoms with Crippen molar-refractivity contribution in [3.05, 3.63) is 54.6 Å². The Morgan fingerprint density at radius 1 is 0.758 bits per heavy atom. The molecule has 0 saturated heterocycles. The Morgan fingerprint density at radius 2 is 1.33 bits per heavy atom. The maximum atomic E-state index is 5.04. The van der Waals surface area contributed by atoms with Crippen LogP contribution < -0.4 is 10.3 Å². The molecular weight excluding hydrogens is 423 g/mol. The van der Waals surface area contributed by atoms with E-state index in [-0.39, 0.29) is 7.92 Å². The third kappa shape index (κ3) is 4.73. The number of para-hydroxylation sites is 2. The minimum Gasteiger partial charge on any atom is -0.377 e. The van der Waals surface area contributed by atoms with Gasteiger partial charge < -0.3 is 4.90 Å². The number of anilines is 1. The lowest BCUT2D eigenvalue weighted by molar-refractivity contribution is 0.486. The Bertz CT molecular complexity index is 1020. The first kappa shape index (κ1) is 22.6. The Morgan fingerprint density at radius 3 is 1.94 bits per heavy atom. The van der Waals surface area contributed by atoms with Gasteiger partial charge in [0.05, 0.1) is 5.69 Å². The van der Waals surface area contributed by atoms with Crippen LogP contribution >= 0.6 is 7.92 Å². The molecule has 0 radical (unpaired) electrons. The van der Waals surface area contributed by atoms with Crippen molar-refractivity contribution >= 4 is 19.0 Å².